The molecule has 5 aromatic carbocycles. The number of fused-ring (bicyclic) bond motifs is 1. The van der Waals surface area contributed by atoms with E-state index < -0.39 is 9.84 Å². The van der Waals surface area contributed by atoms with Gasteiger partial charge in [0.2, 0.25) is 5.11 Å². The summed E-state index contributed by atoms with van der Waals surface area (Å²) in [5, 5.41) is 2.24. The van der Waals surface area contributed by atoms with Crippen LogP contribution in [0.25, 0.3) is 10.8 Å². The molecule has 6 heteroatoms. The molecule has 0 unspecified atom stereocenters. The van der Waals surface area contributed by atoms with Gasteiger partial charge in [0.1, 0.15) is 0 Å². The first-order valence-corrected chi connectivity index (χ1v) is 14.4. The topological polar surface area (TPSA) is 49.7 Å². The predicted octanol–water partition coefficient (Wildman–Crippen LogP) is 7.62. The second kappa shape index (κ2) is 11.5. The van der Waals surface area contributed by atoms with Crippen molar-refractivity contribution in [2.45, 2.75) is 11.3 Å². The van der Waals surface area contributed by atoms with Crippen molar-refractivity contribution in [2.24, 2.45) is 4.99 Å². The number of thiocarbonyl (C=S) groups is 1. The smallest absolute Gasteiger partial charge is 0.204 e. The van der Waals surface area contributed by atoms with Crippen molar-refractivity contribution in [2.75, 3.05) is 10.7 Å². The van der Waals surface area contributed by atoms with Gasteiger partial charge in [-0.1, -0.05) is 97.1 Å². The van der Waals surface area contributed by atoms with E-state index in [1.165, 1.54) is 0 Å². The van der Waals surface area contributed by atoms with Crippen molar-refractivity contribution in [3.63, 3.8) is 0 Å². The number of aliphatic imine (C=N–C) groups is 1. The lowest BCUT2D eigenvalue weighted by Gasteiger charge is -2.24. The fourth-order valence-electron chi connectivity index (χ4n) is 4.29. The largest absolute Gasteiger partial charge is 0.286 e. The van der Waals surface area contributed by atoms with E-state index in [1.54, 1.807) is 12.1 Å². The Balaban J connectivity index is 1.48. The van der Waals surface area contributed by atoms with Gasteiger partial charge in [-0.05, 0) is 65.0 Å². The number of benzene rings is 5. The fraction of sp³-hybridized carbons (Fsp3) is 0.0625. The summed E-state index contributed by atoms with van der Waals surface area (Å²) in [6.07, 6.45) is 0.219. The van der Waals surface area contributed by atoms with E-state index in [-0.39, 0.29) is 12.2 Å². The van der Waals surface area contributed by atoms with Crippen molar-refractivity contribution in [1.29, 1.82) is 0 Å². The van der Waals surface area contributed by atoms with Gasteiger partial charge < -0.3 is 0 Å². The maximum atomic E-state index is 13.4. The standard InChI is InChI=1S/C32H26N2O2S2/c35-38(36,30-21-20-25-12-10-11-15-27(25)24-30)23-22-31(26-13-4-1-5-14-26)33-32(37)34(28-16-6-2-7-17-28)29-18-8-3-9-19-29/h1-21,24H,22-23H2/b33-31-. The molecule has 0 radical (unpaired) electrons. The number of hydrogen-bond donors (Lipinski definition) is 0. The Labute approximate surface area is 228 Å². The van der Waals surface area contributed by atoms with E-state index in [0.29, 0.717) is 15.7 Å². The minimum atomic E-state index is -3.55. The highest BCUT2D eigenvalue weighted by atomic mass is 32.2. The third-order valence-electron chi connectivity index (χ3n) is 6.25. The molecule has 0 atom stereocenters. The number of nitrogens with zero attached hydrogens (tertiary/aromatic N) is 2. The number of anilines is 2. The lowest BCUT2D eigenvalue weighted by molar-refractivity contribution is 0.596. The molecule has 0 aromatic heterocycles. The van der Waals surface area contributed by atoms with E-state index in [1.807, 2.05) is 126 Å². The summed E-state index contributed by atoms with van der Waals surface area (Å²) in [5.41, 5.74) is 3.22. The minimum Gasteiger partial charge on any atom is -0.286 e. The van der Waals surface area contributed by atoms with E-state index in [4.69, 9.17) is 17.2 Å². The monoisotopic (exact) mass is 534 g/mol. The van der Waals surface area contributed by atoms with Crippen LogP contribution in [0.15, 0.2) is 143 Å². The molecule has 188 valence electrons. The average molecular weight is 535 g/mol. The summed E-state index contributed by atoms with van der Waals surface area (Å²) in [5.74, 6) is -0.0850. The second-order valence-corrected chi connectivity index (χ2v) is 11.3. The lowest BCUT2D eigenvalue weighted by atomic mass is 10.1. The first kappa shape index (κ1) is 25.5. The van der Waals surface area contributed by atoms with Gasteiger partial charge >= 0.3 is 0 Å². The highest BCUT2D eigenvalue weighted by molar-refractivity contribution is 7.91. The van der Waals surface area contributed by atoms with E-state index in [9.17, 15) is 8.42 Å². The van der Waals surface area contributed by atoms with Gasteiger partial charge in [-0.15, -0.1) is 0 Å². The van der Waals surface area contributed by atoms with Crippen molar-refractivity contribution in [3.05, 3.63) is 139 Å². The zero-order chi connectivity index (χ0) is 26.4. The third kappa shape index (κ3) is 5.88. The number of rotatable bonds is 7. The van der Waals surface area contributed by atoms with Gasteiger partial charge in [0, 0.05) is 17.8 Å². The second-order valence-electron chi connectivity index (χ2n) is 8.79. The molecular weight excluding hydrogens is 508 g/mol. The normalized spacial score (nSPS) is 11.8. The zero-order valence-electron chi connectivity index (χ0n) is 20.6. The summed E-state index contributed by atoms with van der Waals surface area (Å²) in [6.45, 7) is 0. The summed E-state index contributed by atoms with van der Waals surface area (Å²) >= 11 is 5.86. The third-order valence-corrected chi connectivity index (χ3v) is 8.23. The zero-order valence-corrected chi connectivity index (χ0v) is 22.3. The molecule has 0 heterocycles. The van der Waals surface area contributed by atoms with E-state index >= 15 is 0 Å². The van der Waals surface area contributed by atoms with Crippen LogP contribution >= 0.6 is 12.2 Å². The number of sulfone groups is 1. The van der Waals surface area contributed by atoms with Crippen molar-refractivity contribution >= 4 is 55.0 Å². The molecule has 4 nitrogen and oxygen atoms in total. The summed E-state index contributed by atoms with van der Waals surface area (Å²) in [6, 6.07) is 42.2. The van der Waals surface area contributed by atoms with Crippen LogP contribution in [0.5, 0.6) is 0 Å². The van der Waals surface area contributed by atoms with Crippen LogP contribution < -0.4 is 4.90 Å². The molecule has 0 N–H and O–H groups in total. The Kier molecular flexibility index (Phi) is 7.73. The van der Waals surface area contributed by atoms with Crippen molar-refractivity contribution in [1.82, 2.24) is 0 Å². The van der Waals surface area contributed by atoms with Crippen molar-refractivity contribution < 1.29 is 8.42 Å². The first-order chi connectivity index (χ1) is 18.5. The summed E-state index contributed by atoms with van der Waals surface area (Å²) < 4.78 is 26.8. The van der Waals surface area contributed by atoms with Crippen LogP contribution in [0.3, 0.4) is 0 Å². The van der Waals surface area contributed by atoms with Gasteiger partial charge in [-0.25, -0.2) is 13.4 Å². The maximum absolute atomic E-state index is 13.4. The van der Waals surface area contributed by atoms with Gasteiger partial charge in [0.05, 0.1) is 16.4 Å². The predicted molar refractivity (Wildman–Crippen MR) is 161 cm³/mol. The summed E-state index contributed by atoms with van der Waals surface area (Å²) in [7, 11) is -3.55. The number of hydrogen-bond acceptors (Lipinski definition) is 3. The van der Waals surface area contributed by atoms with E-state index in [0.717, 1.165) is 27.7 Å². The molecule has 0 spiro atoms. The maximum Gasteiger partial charge on any atom is 0.204 e. The van der Waals surface area contributed by atoms with Crippen LogP contribution in [-0.2, 0) is 9.84 Å². The molecule has 5 rings (SSSR count). The average Bonchev–Trinajstić information content (AvgIpc) is 2.97. The van der Waals surface area contributed by atoms with Gasteiger partial charge in [0.25, 0.3) is 0 Å². The molecule has 0 saturated carbocycles. The van der Waals surface area contributed by atoms with Crippen LogP contribution in [0.2, 0.25) is 0 Å². The Morgan fingerprint density at radius 3 is 1.79 bits per heavy atom. The Bertz CT molecular complexity index is 1650. The summed E-state index contributed by atoms with van der Waals surface area (Å²) in [4.78, 5) is 7.06. The fourth-order valence-corrected chi connectivity index (χ4v) is 5.90. The van der Waals surface area contributed by atoms with Crippen LogP contribution in [0.4, 0.5) is 11.4 Å². The highest BCUT2D eigenvalue weighted by Crippen LogP contribution is 2.27. The Morgan fingerprint density at radius 2 is 1.18 bits per heavy atom. The molecular formula is C32H26N2O2S2. The number of para-hydroxylation sites is 2. The molecule has 0 bridgehead atoms. The van der Waals surface area contributed by atoms with Gasteiger partial charge in [-0.3, -0.25) is 4.90 Å². The highest BCUT2D eigenvalue weighted by Gasteiger charge is 2.19. The Morgan fingerprint density at radius 1 is 0.658 bits per heavy atom. The van der Waals surface area contributed by atoms with Crippen LogP contribution in [-0.4, -0.2) is 25.0 Å². The Hall–Kier alpha value is -4.13. The van der Waals surface area contributed by atoms with Gasteiger partial charge in [0.15, 0.2) is 9.84 Å². The molecule has 38 heavy (non-hydrogen) atoms. The molecule has 5 aromatic rings. The molecule has 0 fully saturated rings. The van der Waals surface area contributed by atoms with E-state index in [2.05, 4.69) is 0 Å². The molecule has 0 amide bonds. The van der Waals surface area contributed by atoms with Crippen molar-refractivity contribution in [3.8, 4) is 0 Å². The molecule has 0 saturated heterocycles. The first-order valence-electron chi connectivity index (χ1n) is 12.3. The molecule has 0 aliphatic carbocycles. The van der Waals surface area contributed by atoms with Gasteiger partial charge in [-0.2, -0.15) is 0 Å². The SMILES string of the molecule is O=S(=O)(CC/C(=N/C(=S)N(c1ccccc1)c1ccccc1)c1ccccc1)c1ccc2ccccc2c1. The minimum absolute atomic E-state index is 0.0850. The quantitative estimate of drug-likeness (QED) is 0.159. The lowest BCUT2D eigenvalue weighted by Crippen LogP contribution is -2.24. The molecule has 0 aliphatic rings. The van der Waals surface area contributed by atoms with Crippen LogP contribution in [0, 0.1) is 0 Å². The molecule has 0 aliphatic heterocycles. The van der Waals surface area contributed by atoms with Crippen LogP contribution in [0.1, 0.15) is 12.0 Å².